The summed E-state index contributed by atoms with van der Waals surface area (Å²) in [7, 11) is 0. The maximum atomic E-state index is 6.11. The molecule has 0 aromatic carbocycles. The Kier molecular flexibility index (Phi) is 5.70. The van der Waals surface area contributed by atoms with Crippen molar-refractivity contribution in [3.8, 4) is 0 Å². The van der Waals surface area contributed by atoms with Gasteiger partial charge < -0.3 is 10.6 Å². The number of halogens is 1. The Morgan fingerprint density at radius 1 is 1.26 bits per heavy atom. The van der Waals surface area contributed by atoms with Crippen molar-refractivity contribution >= 4 is 23.4 Å². The minimum absolute atomic E-state index is 0.591. The Labute approximate surface area is 120 Å². The van der Waals surface area contributed by atoms with Crippen LogP contribution in [0.2, 0.25) is 5.02 Å². The van der Waals surface area contributed by atoms with Gasteiger partial charge in [0.15, 0.2) is 0 Å². The minimum atomic E-state index is 0.591. The van der Waals surface area contributed by atoms with Crippen LogP contribution in [0.4, 0.5) is 11.8 Å². The summed E-state index contributed by atoms with van der Waals surface area (Å²) in [5, 5.41) is 7.10. The molecule has 1 aromatic rings. The molecule has 1 fully saturated rings. The van der Waals surface area contributed by atoms with Crippen molar-refractivity contribution in [2.75, 3.05) is 23.7 Å². The smallest absolute Gasteiger partial charge is 0.224 e. The number of rotatable bonds is 7. The predicted octanol–water partition coefficient (Wildman–Crippen LogP) is 3.94. The number of aromatic nitrogens is 2. The minimum Gasteiger partial charge on any atom is -0.369 e. The van der Waals surface area contributed by atoms with Crippen LogP contribution in [0.3, 0.4) is 0 Å². The molecule has 4 nitrogen and oxygen atoms in total. The molecule has 0 saturated heterocycles. The van der Waals surface area contributed by atoms with Crippen molar-refractivity contribution in [2.45, 2.75) is 45.4 Å². The van der Waals surface area contributed by atoms with Crippen LogP contribution in [0.5, 0.6) is 0 Å². The van der Waals surface area contributed by atoms with E-state index in [1.165, 1.54) is 32.1 Å². The predicted molar refractivity (Wildman–Crippen MR) is 80.9 cm³/mol. The summed E-state index contributed by atoms with van der Waals surface area (Å²) < 4.78 is 0. The highest BCUT2D eigenvalue weighted by Crippen LogP contribution is 2.27. The molecule has 0 aliphatic heterocycles. The maximum Gasteiger partial charge on any atom is 0.224 e. The highest BCUT2D eigenvalue weighted by Gasteiger charge is 2.14. The average molecular weight is 283 g/mol. The van der Waals surface area contributed by atoms with E-state index in [-0.39, 0.29) is 0 Å². The quantitative estimate of drug-likeness (QED) is 0.795. The molecule has 0 spiro atoms. The molecule has 0 unspecified atom stereocenters. The van der Waals surface area contributed by atoms with E-state index in [1.807, 2.05) is 0 Å². The molecule has 2 N–H and O–H groups in total. The Hall–Kier alpha value is -1.03. The number of hydrogen-bond acceptors (Lipinski definition) is 4. The summed E-state index contributed by atoms with van der Waals surface area (Å²) in [4.78, 5) is 8.58. The normalized spacial score (nSPS) is 15.7. The third-order valence-corrected chi connectivity index (χ3v) is 3.87. The number of nitrogens with one attached hydrogen (secondary N) is 2. The largest absolute Gasteiger partial charge is 0.369 e. The van der Waals surface area contributed by atoms with Gasteiger partial charge in [-0.25, -0.2) is 4.98 Å². The van der Waals surface area contributed by atoms with Crippen LogP contribution in [0, 0.1) is 5.92 Å². The summed E-state index contributed by atoms with van der Waals surface area (Å²) >= 11 is 6.11. The van der Waals surface area contributed by atoms with Crippen molar-refractivity contribution in [1.82, 2.24) is 9.97 Å². The van der Waals surface area contributed by atoms with Crippen LogP contribution < -0.4 is 10.6 Å². The van der Waals surface area contributed by atoms with Gasteiger partial charge in [0, 0.05) is 13.1 Å². The summed E-state index contributed by atoms with van der Waals surface area (Å²) in [6.07, 6.45) is 9.46. The lowest BCUT2D eigenvalue weighted by Crippen LogP contribution is -2.10. The second-order valence-electron chi connectivity index (χ2n) is 5.18. The van der Waals surface area contributed by atoms with E-state index in [9.17, 15) is 0 Å². The molecule has 5 heteroatoms. The summed E-state index contributed by atoms with van der Waals surface area (Å²) in [6, 6.07) is 0. The first-order valence-corrected chi connectivity index (χ1v) is 7.67. The third kappa shape index (κ3) is 4.53. The lowest BCUT2D eigenvalue weighted by atomic mass is 10.0. The molecule has 1 heterocycles. The summed E-state index contributed by atoms with van der Waals surface area (Å²) in [5.74, 6) is 2.27. The van der Waals surface area contributed by atoms with Crippen LogP contribution in [0.15, 0.2) is 6.20 Å². The highest BCUT2D eigenvalue weighted by atomic mass is 35.5. The van der Waals surface area contributed by atoms with E-state index in [1.54, 1.807) is 6.20 Å². The maximum absolute atomic E-state index is 6.11. The molecular weight excluding hydrogens is 260 g/mol. The van der Waals surface area contributed by atoms with Crippen LogP contribution in [0.1, 0.15) is 45.4 Å². The Morgan fingerprint density at radius 2 is 2.05 bits per heavy atom. The topological polar surface area (TPSA) is 49.8 Å². The molecule has 1 saturated carbocycles. The SMILES string of the molecule is CCCNc1ncc(Cl)c(NCCC2CCCC2)n1. The van der Waals surface area contributed by atoms with Gasteiger partial charge in [-0.1, -0.05) is 44.2 Å². The lowest BCUT2D eigenvalue weighted by molar-refractivity contribution is 0.518. The molecule has 19 heavy (non-hydrogen) atoms. The first-order valence-electron chi connectivity index (χ1n) is 7.30. The molecule has 1 aliphatic carbocycles. The van der Waals surface area contributed by atoms with Crippen molar-refractivity contribution in [1.29, 1.82) is 0 Å². The van der Waals surface area contributed by atoms with Gasteiger partial charge >= 0.3 is 0 Å². The van der Waals surface area contributed by atoms with Gasteiger partial charge in [-0.3, -0.25) is 0 Å². The first kappa shape index (κ1) is 14.4. The zero-order valence-corrected chi connectivity index (χ0v) is 12.3. The summed E-state index contributed by atoms with van der Waals surface area (Å²) in [6.45, 7) is 3.93. The van der Waals surface area contributed by atoms with Gasteiger partial charge in [-0.05, 0) is 18.8 Å². The zero-order chi connectivity index (χ0) is 13.5. The standard InChI is InChI=1S/C14H23ClN4/c1-2-8-17-14-18-10-12(15)13(19-14)16-9-7-11-5-3-4-6-11/h10-11H,2-9H2,1H3,(H2,16,17,18,19). The Morgan fingerprint density at radius 3 is 2.79 bits per heavy atom. The molecular formula is C14H23ClN4. The molecule has 106 valence electrons. The van der Waals surface area contributed by atoms with Crippen LogP contribution >= 0.6 is 11.6 Å². The van der Waals surface area contributed by atoms with E-state index in [2.05, 4.69) is 27.5 Å². The molecule has 0 bridgehead atoms. The van der Waals surface area contributed by atoms with Crippen LogP contribution in [0.25, 0.3) is 0 Å². The monoisotopic (exact) mass is 282 g/mol. The molecule has 2 rings (SSSR count). The van der Waals surface area contributed by atoms with Gasteiger partial charge in [-0.2, -0.15) is 4.98 Å². The molecule has 1 aromatic heterocycles. The van der Waals surface area contributed by atoms with Crippen LogP contribution in [-0.4, -0.2) is 23.1 Å². The van der Waals surface area contributed by atoms with Gasteiger partial charge in [0.2, 0.25) is 5.95 Å². The number of anilines is 2. The molecule has 0 amide bonds. The van der Waals surface area contributed by atoms with Crippen LogP contribution in [-0.2, 0) is 0 Å². The van der Waals surface area contributed by atoms with Gasteiger partial charge in [0.05, 0.1) is 6.20 Å². The van der Waals surface area contributed by atoms with Gasteiger partial charge in [-0.15, -0.1) is 0 Å². The fourth-order valence-corrected chi connectivity index (χ4v) is 2.66. The average Bonchev–Trinajstić information content (AvgIpc) is 2.92. The summed E-state index contributed by atoms with van der Waals surface area (Å²) in [5.41, 5.74) is 0. The van der Waals surface area contributed by atoms with Crippen molar-refractivity contribution in [3.63, 3.8) is 0 Å². The second-order valence-corrected chi connectivity index (χ2v) is 5.59. The second kappa shape index (κ2) is 7.53. The number of nitrogens with zero attached hydrogens (tertiary/aromatic N) is 2. The molecule has 0 atom stereocenters. The molecule has 0 radical (unpaired) electrons. The lowest BCUT2D eigenvalue weighted by Gasteiger charge is -2.12. The van der Waals surface area contributed by atoms with E-state index in [4.69, 9.17) is 11.6 Å². The third-order valence-electron chi connectivity index (χ3n) is 3.60. The fraction of sp³-hybridized carbons (Fsp3) is 0.714. The van der Waals surface area contributed by atoms with Crippen molar-refractivity contribution in [2.24, 2.45) is 5.92 Å². The first-order chi connectivity index (χ1) is 9.29. The van der Waals surface area contributed by atoms with Gasteiger partial charge in [0.25, 0.3) is 0 Å². The van der Waals surface area contributed by atoms with E-state index >= 15 is 0 Å². The highest BCUT2D eigenvalue weighted by molar-refractivity contribution is 6.32. The van der Waals surface area contributed by atoms with E-state index < -0.39 is 0 Å². The van der Waals surface area contributed by atoms with E-state index in [0.29, 0.717) is 11.0 Å². The fourth-order valence-electron chi connectivity index (χ4n) is 2.51. The molecule has 1 aliphatic rings. The Balaban J connectivity index is 1.83. The van der Waals surface area contributed by atoms with Gasteiger partial charge in [0.1, 0.15) is 10.8 Å². The number of hydrogen-bond donors (Lipinski definition) is 2. The van der Waals surface area contributed by atoms with Crippen molar-refractivity contribution < 1.29 is 0 Å². The van der Waals surface area contributed by atoms with E-state index in [0.717, 1.165) is 31.2 Å². The zero-order valence-electron chi connectivity index (χ0n) is 11.6. The van der Waals surface area contributed by atoms with Crippen molar-refractivity contribution in [3.05, 3.63) is 11.2 Å². The Bertz CT molecular complexity index is 391.